The minimum absolute atomic E-state index is 0.00583. The SMILES string of the molecule is C[C@H]1[C@H]([Si](C)(C)F)[C@@H](CCO)O[C@]12C(=O)Nc1ccc(N3C(=O)CCc4ccccc43)cc12. The van der Waals surface area contributed by atoms with Crippen LogP contribution in [0.4, 0.5) is 21.2 Å². The maximum Gasteiger partial charge on any atom is 0.261 e. The van der Waals surface area contributed by atoms with Crippen LogP contribution in [0, 0.1) is 5.92 Å². The Bertz CT molecular complexity index is 1130. The highest BCUT2D eigenvalue weighted by Gasteiger charge is 2.65. The molecular formula is C25H29FN2O4Si. The number of fused-ring (bicyclic) bond motifs is 3. The van der Waals surface area contributed by atoms with Gasteiger partial charge in [0.2, 0.25) is 14.3 Å². The van der Waals surface area contributed by atoms with Crippen molar-refractivity contribution in [1.29, 1.82) is 0 Å². The minimum atomic E-state index is -3.22. The molecule has 2 aromatic carbocycles. The smallest absolute Gasteiger partial charge is 0.261 e. The van der Waals surface area contributed by atoms with Crippen molar-refractivity contribution in [2.24, 2.45) is 5.92 Å². The summed E-state index contributed by atoms with van der Waals surface area (Å²) in [6.45, 7) is 5.00. The van der Waals surface area contributed by atoms with Gasteiger partial charge < -0.3 is 19.3 Å². The number of ether oxygens (including phenoxy) is 1. The van der Waals surface area contributed by atoms with Gasteiger partial charge >= 0.3 is 0 Å². The fourth-order valence-electron chi connectivity index (χ4n) is 6.10. The van der Waals surface area contributed by atoms with Crippen LogP contribution in [0.5, 0.6) is 0 Å². The lowest BCUT2D eigenvalue weighted by Crippen LogP contribution is -2.42. The van der Waals surface area contributed by atoms with Gasteiger partial charge in [-0.2, -0.15) is 0 Å². The molecule has 1 fully saturated rings. The number of carbonyl (C=O) groups is 2. The number of amides is 2. The summed E-state index contributed by atoms with van der Waals surface area (Å²) in [6, 6.07) is 13.3. The highest BCUT2D eigenvalue weighted by molar-refractivity contribution is 6.72. The van der Waals surface area contributed by atoms with Gasteiger partial charge in [0, 0.05) is 41.4 Å². The van der Waals surface area contributed by atoms with E-state index in [2.05, 4.69) is 5.32 Å². The number of carbonyl (C=O) groups excluding carboxylic acids is 2. The molecule has 4 atom stereocenters. The number of rotatable bonds is 4. The number of halogens is 1. The van der Waals surface area contributed by atoms with E-state index in [9.17, 15) is 14.7 Å². The second-order valence-corrected chi connectivity index (χ2v) is 13.6. The van der Waals surface area contributed by atoms with Crippen LogP contribution in [0.1, 0.15) is 30.9 Å². The van der Waals surface area contributed by atoms with E-state index in [0.29, 0.717) is 29.8 Å². The quantitative estimate of drug-likeness (QED) is 0.515. The van der Waals surface area contributed by atoms with Crippen molar-refractivity contribution in [2.45, 2.75) is 56.5 Å². The number of hydrogen-bond donors (Lipinski definition) is 2. The van der Waals surface area contributed by atoms with Crippen LogP contribution in [0.3, 0.4) is 0 Å². The lowest BCUT2D eigenvalue weighted by Gasteiger charge is -2.32. The Hall–Kier alpha value is -2.55. The third-order valence-electron chi connectivity index (χ3n) is 7.46. The Morgan fingerprint density at radius 1 is 1.21 bits per heavy atom. The predicted molar refractivity (Wildman–Crippen MR) is 127 cm³/mol. The van der Waals surface area contributed by atoms with Gasteiger partial charge in [-0.15, -0.1) is 0 Å². The van der Waals surface area contributed by atoms with Crippen molar-refractivity contribution < 1.29 is 23.5 Å². The number of benzene rings is 2. The van der Waals surface area contributed by atoms with Gasteiger partial charge in [-0.25, -0.2) is 0 Å². The summed E-state index contributed by atoms with van der Waals surface area (Å²) >= 11 is 0. The molecule has 3 aliphatic heterocycles. The van der Waals surface area contributed by atoms with Crippen LogP contribution in [0.25, 0.3) is 0 Å². The Labute approximate surface area is 193 Å². The van der Waals surface area contributed by atoms with Crippen molar-refractivity contribution in [2.75, 3.05) is 16.8 Å². The van der Waals surface area contributed by atoms with Crippen LogP contribution in [0.2, 0.25) is 18.6 Å². The second-order valence-electron chi connectivity index (χ2n) is 9.82. The first-order valence-corrected chi connectivity index (χ1v) is 14.5. The third-order valence-corrected chi connectivity index (χ3v) is 9.92. The predicted octanol–water partition coefficient (Wildman–Crippen LogP) is 4.41. The van der Waals surface area contributed by atoms with Gasteiger partial charge in [0.1, 0.15) is 0 Å². The number of nitrogens with one attached hydrogen (secondary N) is 1. The van der Waals surface area contributed by atoms with Crippen molar-refractivity contribution in [1.82, 2.24) is 0 Å². The maximum absolute atomic E-state index is 15.4. The van der Waals surface area contributed by atoms with Crippen LogP contribution >= 0.6 is 0 Å². The molecule has 2 aromatic rings. The van der Waals surface area contributed by atoms with Crippen molar-refractivity contribution in [3.05, 3.63) is 53.6 Å². The van der Waals surface area contributed by atoms with E-state index in [1.165, 1.54) is 0 Å². The molecular weight excluding hydrogens is 439 g/mol. The number of anilines is 3. The molecule has 0 aromatic heterocycles. The molecule has 2 N–H and O–H groups in total. The van der Waals surface area contributed by atoms with E-state index in [4.69, 9.17) is 4.74 Å². The number of nitrogens with zero attached hydrogens (tertiary/aromatic N) is 1. The zero-order valence-electron chi connectivity index (χ0n) is 19.1. The first-order chi connectivity index (χ1) is 15.7. The Morgan fingerprint density at radius 3 is 2.70 bits per heavy atom. The summed E-state index contributed by atoms with van der Waals surface area (Å²) in [7, 11) is -3.22. The molecule has 174 valence electrons. The number of aliphatic hydroxyl groups excluding tert-OH is 1. The topological polar surface area (TPSA) is 78.9 Å². The molecule has 3 heterocycles. The number of aryl methyl sites for hydroxylation is 1. The van der Waals surface area contributed by atoms with E-state index in [0.717, 1.165) is 11.3 Å². The number of aliphatic hydroxyl groups is 1. The Morgan fingerprint density at radius 2 is 1.97 bits per heavy atom. The third kappa shape index (κ3) is 3.26. The molecule has 3 aliphatic rings. The largest absolute Gasteiger partial charge is 0.396 e. The normalized spacial score (nSPS) is 28.8. The summed E-state index contributed by atoms with van der Waals surface area (Å²) in [5.74, 6) is -0.730. The second kappa shape index (κ2) is 7.75. The Kier molecular flexibility index (Phi) is 5.23. The van der Waals surface area contributed by atoms with Crippen molar-refractivity contribution in [3.8, 4) is 0 Å². The molecule has 0 saturated carbocycles. The highest BCUT2D eigenvalue weighted by atomic mass is 28.4. The van der Waals surface area contributed by atoms with Crippen LogP contribution in [-0.4, -0.2) is 38.0 Å². The number of hydrogen-bond acceptors (Lipinski definition) is 4. The summed E-state index contributed by atoms with van der Waals surface area (Å²) < 4.78 is 21.8. The van der Waals surface area contributed by atoms with Crippen molar-refractivity contribution >= 4 is 37.3 Å². The molecule has 5 rings (SSSR count). The molecule has 0 radical (unpaired) electrons. The van der Waals surface area contributed by atoms with E-state index in [1.54, 1.807) is 24.1 Å². The fraction of sp³-hybridized carbons (Fsp3) is 0.440. The van der Waals surface area contributed by atoms with E-state index in [-0.39, 0.29) is 24.8 Å². The first-order valence-electron chi connectivity index (χ1n) is 11.5. The van der Waals surface area contributed by atoms with E-state index >= 15 is 4.11 Å². The molecule has 33 heavy (non-hydrogen) atoms. The highest BCUT2D eigenvalue weighted by Crippen LogP contribution is 2.59. The molecule has 0 bridgehead atoms. The average Bonchev–Trinajstić information content (AvgIpc) is 3.22. The first kappa shape index (κ1) is 22.2. The van der Waals surface area contributed by atoms with Crippen molar-refractivity contribution in [3.63, 3.8) is 0 Å². The molecule has 0 unspecified atom stereocenters. The minimum Gasteiger partial charge on any atom is -0.396 e. The summed E-state index contributed by atoms with van der Waals surface area (Å²) in [4.78, 5) is 28.0. The van der Waals surface area contributed by atoms with Gasteiger partial charge in [-0.05, 0) is 55.8 Å². The van der Waals surface area contributed by atoms with Gasteiger partial charge in [0.25, 0.3) is 5.91 Å². The van der Waals surface area contributed by atoms with Crippen LogP contribution in [0.15, 0.2) is 42.5 Å². The molecule has 2 amide bonds. The fourth-order valence-corrected chi connectivity index (χ4v) is 8.64. The monoisotopic (exact) mass is 468 g/mol. The lowest BCUT2D eigenvalue weighted by atomic mass is 9.82. The maximum atomic E-state index is 15.4. The summed E-state index contributed by atoms with van der Waals surface area (Å²) in [5, 5.41) is 12.5. The van der Waals surface area contributed by atoms with E-state index < -0.39 is 31.6 Å². The van der Waals surface area contributed by atoms with Crippen LogP contribution < -0.4 is 10.2 Å². The van der Waals surface area contributed by atoms with Gasteiger partial charge in [-0.3, -0.25) is 14.5 Å². The van der Waals surface area contributed by atoms with Gasteiger partial charge in [0.15, 0.2) is 5.60 Å². The molecule has 0 aliphatic carbocycles. The summed E-state index contributed by atoms with van der Waals surface area (Å²) in [5.41, 5.74) is 2.07. The summed E-state index contributed by atoms with van der Waals surface area (Å²) in [6.07, 6.45) is 0.832. The van der Waals surface area contributed by atoms with Gasteiger partial charge in [0.05, 0.1) is 11.8 Å². The zero-order chi connectivity index (χ0) is 23.5. The average molecular weight is 469 g/mol. The number of para-hydroxylation sites is 1. The zero-order valence-corrected chi connectivity index (χ0v) is 20.1. The Balaban J connectivity index is 1.63. The van der Waals surface area contributed by atoms with Gasteiger partial charge in [-0.1, -0.05) is 25.1 Å². The molecule has 1 saturated heterocycles. The lowest BCUT2D eigenvalue weighted by molar-refractivity contribution is -0.143. The standard InChI is InChI=1S/C25H29FN2O4Si/c1-15-23(33(2,3)26)21(12-13-29)32-25(15)18-14-17(9-10-19(18)27-24(25)31)28-20-7-5-4-6-16(20)8-11-22(28)30/h4-7,9-10,14-15,21,23,29H,8,11-13H2,1-3H3,(H,27,31)/t15-,21+,23-,25+/m0/s1. The van der Waals surface area contributed by atoms with Crippen LogP contribution in [-0.2, 0) is 26.3 Å². The molecule has 1 spiro atoms. The molecule has 6 nitrogen and oxygen atoms in total. The molecule has 8 heteroatoms. The van der Waals surface area contributed by atoms with E-state index in [1.807, 2.05) is 43.3 Å².